The first-order valence-corrected chi connectivity index (χ1v) is 5.34. The minimum Gasteiger partial charge on any atom is -0.497 e. The van der Waals surface area contributed by atoms with E-state index >= 15 is 0 Å². The number of Topliss-reactive ketones (excluding diaryl/α,β-unsaturated/α-hetero) is 1. The normalized spacial score (nSPS) is 18.3. The van der Waals surface area contributed by atoms with Gasteiger partial charge in [-0.3, -0.25) is 4.79 Å². The van der Waals surface area contributed by atoms with Gasteiger partial charge >= 0.3 is 0 Å². The van der Waals surface area contributed by atoms with E-state index in [1.54, 1.807) is 7.11 Å². The van der Waals surface area contributed by atoms with Gasteiger partial charge in [0.2, 0.25) is 0 Å². The van der Waals surface area contributed by atoms with Crippen LogP contribution in [-0.2, 0) is 11.2 Å². The van der Waals surface area contributed by atoms with Crippen molar-refractivity contribution in [1.29, 1.82) is 0 Å². The average molecular weight is 204 g/mol. The van der Waals surface area contributed by atoms with Gasteiger partial charge in [-0.2, -0.15) is 0 Å². The summed E-state index contributed by atoms with van der Waals surface area (Å²) in [6, 6.07) is 5.97. The van der Waals surface area contributed by atoms with E-state index in [-0.39, 0.29) is 11.8 Å². The first kappa shape index (κ1) is 10.2. The molecule has 0 aromatic heterocycles. The van der Waals surface area contributed by atoms with Crippen LogP contribution in [0.5, 0.6) is 5.75 Å². The molecule has 2 nitrogen and oxygen atoms in total. The van der Waals surface area contributed by atoms with Gasteiger partial charge in [-0.15, -0.1) is 0 Å². The van der Waals surface area contributed by atoms with E-state index in [2.05, 4.69) is 0 Å². The summed E-state index contributed by atoms with van der Waals surface area (Å²) in [5.74, 6) is 1.49. The Balaban J connectivity index is 2.21. The van der Waals surface area contributed by atoms with Crippen LogP contribution in [0.1, 0.15) is 30.9 Å². The number of benzene rings is 1. The molecule has 0 saturated carbocycles. The van der Waals surface area contributed by atoms with Crippen molar-refractivity contribution in [3.63, 3.8) is 0 Å². The third kappa shape index (κ3) is 1.65. The number of ether oxygens (including phenoxy) is 1. The number of carbonyl (C=O) groups is 1. The van der Waals surface area contributed by atoms with E-state index in [9.17, 15) is 4.79 Å². The predicted molar refractivity (Wildman–Crippen MR) is 59.3 cm³/mol. The highest BCUT2D eigenvalue weighted by Gasteiger charge is 2.33. The lowest BCUT2D eigenvalue weighted by Crippen LogP contribution is -2.28. The molecule has 80 valence electrons. The first-order valence-electron chi connectivity index (χ1n) is 5.34. The van der Waals surface area contributed by atoms with E-state index in [0.29, 0.717) is 5.78 Å². The molecule has 1 aromatic carbocycles. The Morgan fingerprint density at radius 3 is 2.73 bits per heavy atom. The van der Waals surface area contributed by atoms with Gasteiger partial charge in [0.1, 0.15) is 11.5 Å². The van der Waals surface area contributed by atoms with Crippen LogP contribution in [0.2, 0.25) is 0 Å². The molecule has 0 bridgehead atoms. The summed E-state index contributed by atoms with van der Waals surface area (Å²) >= 11 is 0. The summed E-state index contributed by atoms with van der Waals surface area (Å²) in [4.78, 5) is 11.8. The summed E-state index contributed by atoms with van der Waals surface area (Å²) in [6.45, 7) is 3.92. The lowest BCUT2D eigenvalue weighted by molar-refractivity contribution is -0.123. The van der Waals surface area contributed by atoms with Crippen LogP contribution in [0.4, 0.5) is 0 Å². The number of methoxy groups -OCH3 is 1. The van der Waals surface area contributed by atoms with E-state index in [1.165, 1.54) is 11.1 Å². The zero-order valence-corrected chi connectivity index (χ0v) is 9.41. The van der Waals surface area contributed by atoms with Crippen molar-refractivity contribution < 1.29 is 9.53 Å². The molecule has 0 N–H and O–H groups in total. The lowest BCUT2D eigenvalue weighted by Gasteiger charge is -2.30. The molecule has 1 unspecified atom stereocenters. The highest BCUT2D eigenvalue weighted by Crippen LogP contribution is 2.39. The smallest absolute Gasteiger partial charge is 0.143 e. The Kier molecular flexibility index (Phi) is 2.51. The van der Waals surface area contributed by atoms with E-state index in [0.717, 1.165) is 12.2 Å². The van der Waals surface area contributed by atoms with Crippen LogP contribution in [-0.4, -0.2) is 12.9 Å². The largest absolute Gasteiger partial charge is 0.497 e. The minimum atomic E-state index is 0.130. The minimum absolute atomic E-state index is 0.130. The topological polar surface area (TPSA) is 26.3 Å². The fourth-order valence-corrected chi connectivity index (χ4v) is 2.08. The zero-order chi connectivity index (χ0) is 11.0. The zero-order valence-electron chi connectivity index (χ0n) is 9.41. The van der Waals surface area contributed by atoms with Crippen molar-refractivity contribution in [3.05, 3.63) is 29.3 Å². The van der Waals surface area contributed by atoms with Crippen LogP contribution >= 0.6 is 0 Å². The van der Waals surface area contributed by atoms with Gasteiger partial charge in [-0.05, 0) is 29.7 Å². The highest BCUT2D eigenvalue weighted by molar-refractivity contribution is 5.90. The molecule has 1 aromatic rings. The second kappa shape index (κ2) is 3.69. The molecular formula is C13H16O2. The van der Waals surface area contributed by atoms with E-state index < -0.39 is 0 Å². The van der Waals surface area contributed by atoms with Gasteiger partial charge in [-0.1, -0.05) is 19.9 Å². The second-order valence-corrected chi connectivity index (χ2v) is 4.38. The van der Waals surface area contributed by atoms with Crippen molar-refractivity contribution in [2.75, 3.05) is 7.11 Å². The molecule has 1 aliphatic carbocycles. The fraction of sp³-hybridized carbons (Fsp3) is 0.462. The van der Waals surface area contributed by atoms with Gasteiger partial charge in [0.25, 0.3) is 0 Å². The average Bonchev–Trinajstić information content (AvgIpc) is 2.19. The lowest BCUT2D eigenvalue weighted by atomic mass is 9.73. The van der Waals surface area contributed by atoms with Crippen molar-refractivity contribution >= 4 is 5.78 Å². The molecule has 1 aliphatic rings. The van der Waals surface area contributed by atoms with Gasteiger partial charge < -0.3 is 4.74 Å². The SMILES string of the molecule is COc1ccc2c(c1)CC2C(=O)C(C)C. The molecule has 15 heavy (non-hydrogen) atoms. The summed E-state index contributed by atoms with van der Waals surface area (Å²) in [6.07, 6.45) is 0.879. The van der Waals surface area contributed by atoms with Crippen molar-refractivity contribution in [2.45, 2.75) is 26.2 Å². The summed E-state index contributed by atoms with van der Waals surface area (Å²) < 4.78 is 5.14. The van der Waals surface area contributed by atoms with Crippen LogP contribution in [0.25, 0.3) is 0 Å². The number of fused-ring (bicyclic) bond motifs is 1. The maximum atomic E-state index is 11.8. The molecule has 2 heteroatoms. The molecule has 0 radical (unpaired) electrons. The molecule has 0 fully saturated rings. The third-order valence-electron chi connectivity index (χ3n) is 3.06. The highest BCUT2D eigenvalue weighted by atomic mass is 16.5. The van der Waals surface area contributed by atoms with Gasteiger partial charge in [0.05, 0.1) is 7.11 Å². The molecule has 1 atom stereocenters. The fourth-order valence-electron chi connectivity index (χ4n) is 2.08. The molecule has 0 aliphatic heterocycles. The quantitative estimate of drug-likeness (QED) is 0.756. The standard InChI is InChI=1S/C13H16O2/c1-8(2)13(14)12-7-9-6-10(15-3)4-5-11(9)12/h4-6,8,12H,7H2,1-3H3. The Hall–Kier alpha value is -1.31. The Bertz CT molecular complexity index is 394. The van der Waals surface area contributed by atoms with Crippen molar-refractivity contribution in [2.24, 2.45) is 5.92 Å². The second-order valence-electron chi connectivity index (χ2n) is 4.38. The molecule has 2 rings (SSSR count). The number of rotatable bonds is 3. The maximum absolute atomic E-state index is 11.8. The van der Waals surface area contributed by atoms with Crippen molar-refractivity contribution in [3.8, 4) is 5.75 Å². The van der Waals surface area contributed by atoms with Gasteiger partial charge in [0, 0.05) is 11.8 Å². The van der Waals surface area contributed by atoms with Gasteiger partial charge in [-0.25, -0.2) is 0 Å². The Morgan fingerprint density at radius 1 is 1.47 bits per heavy atom. The molecule has 0 spiro atoms. The maximum Gasteiger partial charge on any atom is 0.143 e. The third-order valence-corrected chi connectivity index (χ3v) is 3.06. The number of hydrogen-bond donors (Lipinski definition) is 0. The molecule has 0 amide bonds. The summed E-state index contributed by atoms with van der Waals surface area (Å²) in [7, 11) is 1.66. The monoisotopic (exact) mass is 204 g/mol. The van der Waals surface area contributed by atoms with Crippen LogP contribution < -0.4 is 4.74 Å². The van der Waals surface area contributed by atoms with E-state index in [4.69, 9.17) is 4.74 Å². The van der Waals surface area contributed by atoms with E-state index in [1.807, 2.05) is 32.0 Å². The van der Waals surface area contributed by atoms with Crippen LogP contribution in [0.3, 0.4) is 0 Å². The molecule has 0 heterocycles. The van der Waals surface area contributed by atoms with Crippen LogP contribution in [0.15, 0.2) is 18.2 Å². The first-order chi connectivity index (χ1) is 7.13. The van der Waals surface area contributed by atoms with Crippen molar-refractivity contribution in [1.82, 2.24) is 0 Å². The number of ketones is 1. The number of hydrogen-bond acceptors (Lipinski definition) is 2. The summed E-state index contributed by atoms with van der Waals surface area (Å²) in [5, 5.41) is 0. The Labute approximate surface area is 90.3 Å². The summed E-state index contributed by atoms with van der Waals surface area (Å²) in [5.41, 5.74) is 2.45. The predicted octanol–water partition coefficient (Wildman–Crippen LogP) is 2.56. The molecular weight excluding hydrogens is 188 g/mol. The van der Waals surface area contributed by atoms with Crippen LogP contribution in [0, 0.1) is 5.92 Å². The number of carbonyl (C=O) groups excluding carboxylic acids is 1. The Morgan fingerprint density at radius 2 is 2.20 bits per heavy atom. The van der Waals surface area contributed by atoms with Gasteiger partial charge in [0.15, 0.2) is 0 Å². The molecule has 0 saturated heterocycles.